The third-order valence-corrected chi connectivity index (χ3v) is 6.02. The maximum Gasteiger partial charge on any atom is 0.243 e. The summed E-state index contributed by atoms with van der Waals surface area (Å²) < 4.78 is 11.0. The lowest BCUT2D eigenvalue weighted by atomic mass is 9.88. The van der Waals surface area contributed by atoms with Gasteiger partial charge in [-0.15, -0.1) is 0 Å². The second-order valence-corrected chi connectivity index (χ2v) is 7.88. The van der Waals surface area contributed by atoms with Crippen molar-refractivity contribution in [1.29, 1.82) is 0 Å². The fourth-order valence-corrected chi connectivity index (χ4v) is 4.52. The number of para-hydroxylation sites is 1. The quantitative estimate of drug-likeness (QED) is 0.646. The number of hydrogen-bond donors (Lipinski definition) is 1. The van der Waals surface area contributed by atoms with Gasteiger partial charge in [0.1, 0.15) is 6.29 Å². The Labute approximate surface area is 179 Å². The Hall–Kier alpha value is -3.74. The Morgan fingerprint density at radius 2 is 2.06 bits per heavy atom. The number of aromatic nitrogens is 1. The van der Waals surface area contributed by atoms with Gasteiger partial charge in [-0.1, -0.05) is 30.8 Å². The molecule has 3 aromatic rings. The molecule has 0 spiro atoms. The maximum atomic E-state index is 13.4. The molecule has 0 saturated carbocycles. The fraction of sp³-hybridized carbons (Fsp3) is 0.250. The van der Waals surface area contributed by atoms with Crippen LogP contribution in [0.25, 0.3) is 10.9 Å². The molecule has 2 atom stereocenters. The number of aromatic amines is 1. The van der Waals surface area contributed by atoms with Crippen LogP contribution >= 0.6 is 0 Å². The number of carbonyl (C=O) groups excluding carboxylic acids is 2. The van der Waals surface area contributed by atoms with E-state index in [2.05, 4.69) is 11.6 Å². The van der Waals surface area contributed by atoms with Crippen molar-refractivity contribution in [3.8, 4) is 11.5 Å². The SMILES string of the molecule is C=CN(C)CC(=O)N1C(C=O)Cc2c([nH]c3ccccc23)C1c1ccc2c(c1)OCO2. The number of fused-ring (bicyclic) bond motifs is 4. The van der Waals surface area contributed by atoms with Crippen LogP contribution in [0.1, 0.15) is 22.9 Å². The van der Waals surface area contributed by atoms with E-state index in [1.165, 1.54) is 0 Å². The Balaban J connectivity index is 1.69. The molecule has 1 amide bonds. The third-order valence-electron chi connectivity index (χ3n) is 6.02. The molecular weight excluding hydrogens is 394 g/mol. The van der Waals surface area contributed by atoms with E-state index in [0.29, 0.717) is 17.9 Å². The number of nitrogens with zero attached hydrogens (tertiary/aromatic N) is 2. The molecule has 7 nitrogen and oxygen atoms in total. The zero-order valence-electron chi connectivity index (χ0n) is 17.2. The van der Waals surface area contributed by atoms with Crippen molar-refractivity contribution in [2.24, 2.45) is 0 Å². The van der Waals surface area contributed by atoms with Gasteiger partial charge in [-0.2, -0.15) is 0 Å². The summed E-state index contributed by atoms with van der Waals surface area (Å²) >= 11 is 0. The van der Waals surface area contributed by atoms with E-state index in [1.54, 1.807) is 23.0 Å². The number of carbonyl (C=O) groups is 2. The summed E-state index contributed by atoms with van der Waals surface area (Å²) in [6.45, 7) is 4.03. The summed E-state index contributed by atoms with van der Waals surface area (Å²) in [6.07, 6.45) is 2.94. The molecule has 3 heterocycles. The third kappa shape index (κ3) is 3.13. The highest BCUT2D eigenvalue weighted by Crippen LogP contribution is 2.43. The molecule has 0 aliphatic carbocycles. The molecule has 0 radical (unpaired) electrons. The van der Waals surface area contributed by atoms with E-state index in [4.69, 9.17) is 9.47 Å². The van der Waals surface area contributed by atoms with Gasteiger partial charge >= 0.3 is 0 Å². The van der Waals surface area contributed by atoms with E-state index >= 15 is 0 Å². The molecule has 2 aromatic carbocycles. The van der Waals surface area contributed by atoms with E-state index in [-0.39, 0.29) is 19.2 Å². The summed E-state index contributed by atoms with van der Waals surface area (Å²) in [4.78, 5) is 32.5. The number of ether oxygens (including phenoxy) is 2. The van der Waals surface area contributed by atoms with Crippen molar-refractivity contribution in [2.45, 2.75) is 18.5 Å². The van der Waals surface area contributed by atoms with Gasteiger partial charge in [0.05, 0.1) is 18.6 Å². The van der Waals surface area contributed by atoms with Crippen molar-refractivity contribution in [1.82, 2.24) is 14.8 Å². The monoisotopic (exact) mass is 417 g/mol. The predicted octanol–water partition coefficient (Wildman–Crippen LogP) is 3.01. The lowest BCUT2D eigenvalue weighted by Crippen LogP contribution is -2.51. The number of amides is 1. The fourth-order valence-electron chi connectivity index (χ4n) is 4.52. The van der Waals surface area contributed by atoms with Crippen LogP contribution in [0.3, 0.4) is 0 Å². The van der Waals surface area contributed by atoms with Gasteiger partial charge < -0.3 is 29.1 Å². The van der Waals surface area contributed by atoms with E-state index in [9.17, 15) is 9.59 Å². The first-order chi connectivity index (χ1) is 15.1. The van der Waals surface area contributed by atoms with Crippen LogP contribution in [0.2, 0.25) is 0 Å². The summed E-state index contributed by atoms with van der Waals surface area (Å²) in [7, 11) is 1.79. The topological polar surface area (TPSA) is 74.9 Å². The highest BCUT2D eigenvalue weighted by atomic mass is 16.7. The van der Waals surface area contributed by atoms with Gasteiger partial charge in [0.2, 0.25) is 12.7 Å². The highest BCUT2D eigenvalue weighted by molar-refractivity contribution is 5.89. The first-order valence-corrected chi connectivity index (χ1v) is 10.2. The van der Waals surface area contributed by atoms with Crippen molar-refractivity contribution in [3.05, 3.63) is 72.1 Å². The molecule has 31 heavy (non-hydrogen) atoms. The Morgan fingerprint density at radius 3 is 2.87 bits per heavy atom. The van der Waals surface area contributed by atoms with Crippen LogP contribution in [0.5, 0.6) is 11.5 Å². The summed E-state index contributed by atoms with van der Waals surface area (Å²) in [5, 5.41) is 1.07. The molecule has 1 N–H and O–H groups in total. The predicted molar refractivity (Wildman–Crippen MR) is 116 cm³/mol. The van der Waals surface area contributed by atoms with Crippen LogP contribution in [-0.2, 0) is 16.0 Å². The maximum absolute atomic E-state index is 13.4. The van der Waals surface area contributed by atoms with E-state index < -0.39 is 12.1 Å². The van der Waals surface area contributed by atoms with Crippen LogP contribution in [0.15, 0.2) is 55.2 Å². The Morgan fingerprint density at radius 1 is 1.26 bits per heavy atom. The van der Waals surface area contributed by atoms with Crippen molar-refractivity contribution < 1.29 is 19.1 Å². The van der Waals surface area contributed by atoms with Gasteiger partial charge in [-0.3, -0.25) is 4.79 Å². The molecule has 0 bridgehead atoms. The molecule has 2 unspecified atom stereocenters. The number of aldehydes is 1. The number of H-pyrrole nitrogens is 1. The van der Waals surface area contributed by atoms with E-state index in [0.717, 1.165) is 34.0 Å². The smallest absolute Gasteiger partial charge is 0.243 e. The average Bonchev–Trinajstić information content (AvgIpc) is 3.41. The number of nitrogens with one attached hydrogen (secondary N) is 1. The second-order valence-electron chi connectivity index (χ2n) is 7.88. The molecule has 2 aliphatic heterocycles. The van der Waals surface area contributed by atoms with Gasteiger partial charge in [0.25, 0.3) is 0 Å². The first kappa shape index (κ1) is 19.2. The largest absolute Gasteiger partial charge is 0.454 e. The number of benzene rings is 2. The van der Waals surface area contributed by atoms with Crippen molar-refractivity contribution in [3.63, 3.8) is 0 Å². The molecule has 0 saturated heterocycles. The Kier molecular flexibility index (Phi) is 4.66. The number of hydrogen-bond acceptors (Lipinski definition) is 5. The van der Waals surface area contributed by atoms with Crippen molar-refractivity contribution in [2.75, 3.05) is 20.4 Å². The second kappa shape index (κ2) is 7.50. The number of rotatable bonds is 5. The van der Waals surface area contributed by atoms with Gasteiger partial charge in [0.15, 0.2) is 11.5 Å². The first-order valence-electron chi connectivity index (χ1n) is 10.2. The zero-order chi connectivity index (χ0) is 21.5. The van der Waals surface area contributed by atoms with Crippen LogP contribution < -0.4 is 9.47 Å². The zero-order valence-corrected chi connectivity index (χ0v) is 17.2. The van der Waals surface area contributed by atoms with E-state index in [1.807, 2.05) is 42.5 Å². The molecule has 1 aromatic heterocycles. The van der Waals surface area contributed by atoms with Crippen LogP contribution in [0.4, 0.5) is 0 Å². The van der Waals surface area contributed by atoms with Crippen LogP contribution in [0, 0.1) is 0 Å². The minimum absolute atomic E-state index is 0.129. The Bertz CT molecular complexity index is 1180. The minimum Gasteiger partial charge on any atom is -0.454 e. The average molecular weight is 417 g/mol. The summed E-state index contributed by atoms with van der Waals surface area (Å²) in [5.41, 5.74) is 3.84. The standard InChI is InChI=1S/C24H23N3O4/c1-3-26(2)12-22(29)27-16(13-28)11-18-17-6-4-5-7-19(17)25-23(18)24(27)15-8-9-20-21(10-15)31-14-30-20/h3-10,13,16,24-25H,1,11-12,14H2,2H3. The normalized spacial score (nSPS) is 19.2. The van der Waals surface area contributed by atoms with Gasteiger partial charge in [-0.25, -0.2) is 0 Å². The van der Waals surface area contributed by atoms with Crippen molar-refractivity contribution >= 4 is 23.1 Å². The minimum atomic E-state index is -0.576. The van der Waals surface area contributed by atoms with Crippen LogP contribution in [-0.4, -0.2) is 53.4 Å². The molecular formula is C24H23N3O4. The lowest BCUT2D eigenvalue weighted by molar-refractivity contribution is -0.139. The molecule has 2 aliphatic rings. The summed E-state index contributed by atoms with van der Waals surface area (Å²) in [6, 6.07) is 12.7. The number of likely N-dealkylation sites (N-methyl/N-ethyl adjacent to an activating group) is 1. The molecule has 5 rings (SSSR count). The molecule has 0 fully saturated rings. The molecule has 158 valence electrons. The highest BCUT2D eigenvalue weighted by Gasteiger charge is 2.40. The summed E-state index contributed by atoms with van der Waals surface area (Å²) in [5.74, 6) is 1.16. The lowest BCUT2D eigenvalue weighted by Gasteiger charge is -2.40. The molecule has 7 heteroatoms. The van der Waals surface area contributed by atoms with Gasteiger partial charge in [-0.05, 0) is 35.5 Å². The van der Waals surface area contributed by atoms with Gasteiger partial charge in [0, 0.05) is 30.1 Å².